The molecule has 1 aliphatic carbocycles. The third kappa shape index (κ3) is 1.84. The van der Waals surface area contributed by atoms with Gasteiger partial charge in [0.2, 0.25) is 0 Å². The van der Waals surface area contributed by atoms with E-state index >= 15 is 0 Å². The topological polar surface area (TPSA) is 20.2 Å². The zero-order valence-electron chi connectivity index (χ0n) is 6.42. The molecule has 0 aromatic rings. The van der Waals surface area contributed by atoms with Crippen LogP contribution in [0, 0.1) is 5.92 Å². The average Bonchev–Trinajstić information content (AvgIpc) is 2.31. The Morgan fingerprint density at radius 2 is 2.30 bits per heavy atom. The van der Waals surface area contributed by atoms with Crippen molar-refractivity contribution in [2.75, 3.05) is 0 Å². The first-order chi connectivity index (χ1) is 4.84. The average molecular weight is 140 g/mol. The fourth-order valence-corrected chi connectivity index (χ4v) is 1.69. The second kappa shape index (κ2) is 3.77. The maximum Gasteiger partial charge on any atom is 0.0568 e. The normalized spacial score (nSPS) is 32.5. The van der Waals surface area contributed by atoms with E-state index in [-0.39, 0.29) is 6.10 Å². The molecule has 1 N–H and O–H groups in total. The molecule has 0 bridgehead atoms. The van der Waals surface area contributed by atoms with E-state index in [1.54, 1.807) is 0 Å². The van der Waals surface area contributed by atoms with Crippen molar-refractivity contribution >= 4 is 0 Å². The van der Waals surface area contributed by atoms with Crippen LogP contribution in [-0.2, 0) is 0 Å². The summed E-state index contributed by atoms with van der Waals surface area (Å²) in [6.07, 6.45) is 7.55. The zero-order valence-corrected chi connectivity index (χ0v) is 6.42. The minimum Gasteiger partial charge on any atom is -0.393 e. The van der Waals surface area contributed by atoms with Crippen molar-refractivity contribution in [1.82, 2.24) is 0 Å². The highest BCUT2D eigenvalue weighted by Crippen LogP contribution is 2.28. The molecule has 1 nitrogen and oxygen atoms in total. The summed E-state index contributed by atoms with van der Waals surface area (Å²) in [6.45, 7) is 3.67. The molecule has 10 heavy (non-hydrogen) atoms. The smallest absolute Gasteiger partial charge is 0.0568 e. The molecule has 1 saturated carbocycles. The fraction of sp³-hybridized carbons (Fsp3) is 0.778. The third-order valence-corrected chi connectivity index (χ3v) is 2.36. The molecular weight excluding hydrogens is 124 g/mol. The summed E-state index contributed by atoms with van der Waals surface area (Å²) >= 11 is 0. The standard InChI is InChI=1S/C9H16O/c1-2-3-5-8-6-4-7-9(8)10/h2,8-10H,1,3-7H2/t8-,9+/m0/s1. The summed E-state index contributed by atoms with van der Waals surface area (Å²) < 4.78 is 0. The van der Waals surface area contributed by atoms with E-state index in [9.17, 15) is 5.11 Å². The molecule has 0 unspecified atom stereocenters. The Hall–Kier alpha value is -0.300. The molecule has 58 valence electrons. The Kier molecular flexibility index (Phi) is 2.94. The highest BCUT2D eigenvalue weighted by Gasteiger charge is 2.23. The molecule has 0 aromatic carbocycles. The van der Waals surface area contributed by atoms with Crippen LogP contribution < -0.4 is 0 Å². The van der Waals surface area contributed by atoms with Gasteiger partial charge in [-0.3, -0.25) is 0 Å². The quantitative estimate of drug-likeness (QED) is 0.595. The summed E-state index contributed by atoms with van der Waals surface area (Å²) in [4.78, 5) is 0. The predicted molar refractivity (Wildman–Crippen MR) is 42.8 cm³/mol. The van der Waals surface area contributed by atoms with Gasteiger partial charge < -0.3 is 5.11 Å². The largest absolute Gasteiger partial charge is 0.393 e. The van der Waals surface area contributed by atoms with E-state index in [2.05, 4.69) is 6.58 Å². The van der Waals surface area contributed by atoms with Gasteiger partial charge in [0, 0.05) is 0 Å². The van der Waals surface area contributed by atoms with Crippen molar-refractivity contribution in [1.29, 1.82) is 0 Å². The number of rotatable bonds is 3. The number of allylic oxidation sites excluding steroid dienone is 1. The number of aliphatic hydroxyl groups is 1. The lowest BCUT2D eigenvalue weighted by molar-refractivity contribution is 0.128. The lowest BCUT2D eigenvalue weighted by Gasteiger charge is -2.11. The lowest BCUT2D eigenvalue weighted by Crippen LogP contribution is -2.12. The Morgan fingerprint density at radius 3 is 2.80 bits per heavy atom. The van der Waals surface area contributed by atoms with E-state index < -0.39 is 0 Å². The van der Waals surface area contributed by atoms with Gasteiger partial charge in [-0.25, -0.2) is 0 Å². The second-order valence-corrected chi connectivity index (χ2v) is 3.12. The van der Waals surface area contributed by atoms with E-state index in [1.807, 2.05) is 6.08 Å². The van der Waals surface area contributed by atoms with Crippen LogP contribution in [0.5, 0.6) is 0 Å². The van der Waals surface area contributed by atoms with Crippen LogP contribution in [0.2, 0.25) is 0 Å². The van der Waals surface area contributed by atoms with E-state index in [0.717, 1.165) is 19.3 Å². The zero-order chi connectivity index (χ0) is 7.40. The summed E-state index contributed by atoms with van der Waals surface area (Å²) in [7, 11) is 0. The molecule has 0 amide bonds. The summed E-state index contributed by atoms with van der Waals surface area (Å²) in [5.74, 6) is 0.568. The lowest BCUT2D eigenvalue weighted by atomic mass is 10.00. The fourth-order valence-electron chi connectivity index (χ4n) is 1.69. The maximum atomic E-state index is 9.38. The third-order valence-electron chi connectivity index (χ3n) is 2.36. The molecular formula is C9H16O. The Labute approximate surface area is 62.8 Å². The van der Waals surface area contributed by atoms with E-state index in [0.29, 0.717) is 5.92 Å². The van der Waals surface area contributed by atoms with Gasteiger partial charge in [-0.05, 0) is 31.6 Å². The molecule has 1 aliphatic rings. The Balaban J connectivity index is 2.19. The minimum absolute atomic E-state index is 0.0139. The summed E-state index contributed by atoms with van der Waals surface area (Å²) in [6, 6.07) is 0. The van der Waals surface area contributed by atoms with E-state index in [4.69, 9.17) is 0 Å². The molecule has 1 rings (SSSR count). The molecule has 0 spiro atoms. The van der Waals surface area contributed by atoms with Crippen LogP contribution in [0.15, 0.2) is 12.7 Å². The van der Waals surface area contributed by atoms with Gasteiger partial charge in [0.15, 0.2) is 0 Å². The van der Waals surface area contributed by atoms with Crippen LogP contribution in [0.25, 0.3) is 0 Å². The first-order valence-electron chi connectivity index (χ1n) is 4.13. The number of aliphatic hydroxyl groups excluding tert-OH is 1. The van der Waals surface area contributed by atoms with Crippen LogP contribution in [-0.4, -0.2) is 11.2 Å². The van der Waals surface area contributed by atoms with Crippen molar-refractivity contribution in [3.63, 3.8) is 0 Å². The number of hydrogen-bond donors (Lipinski definition) is 1. The minimum atomic E-state index is -0.0139. The van der Waals surface area contributed by atoms with Crippen molar-refractivity contribution in [3.8, 4) is 0 Å². The summed E-state index contributed by atoms with van der Waals surface area (Å²) in [5, 5.41) is 9.38. The molecule has 1 fully saturated rings. The van der Waals surface area contributed by atoms with Crippen LogP contribution >= 0.6 is 0 Å². The molecule has 0 saturated heterocycles. The van der Waals surface area contributed by atoms with Gasteiger partial charge in [-0.1, -0.05) is 12.5 Å². The van der Waals surface area contributed by atoms with E-state index in [1.165, 1.54) is 12.8 Å². The maximum absolute atomic E-state index is 9.38. The van der Waals surface area contributed by atoms with Gasteiger partial charge in [0.05, 0.1) is 6.10 Å². The molecule has 0 radical (unpaired) electrons. The van der Waals surface area contributed by atoms with Crippen molar-refractivity contribution in [2.24, 2.45) is 5.92 Å². The highest BCUT2D eigenvalue weighted by molar-refractivity contribution is 4.79. The molecule has 0 aliphatic heterocycles. The molecule has 1 heteroatoms. The predicted octanol–water partition coefficient (Wildman–Crippen LogP) is 2.11. The molecule has 2 atom stereocenters. The van der Waals surface area contributed by atoms with Gasteiger partial charge in [-0.2, -0.15) is 0 Å². The van der Waals surface area contributed by atoms with Crippen LogP contribution in [0.4, 0.5) is 0 Å². The SMILES string of the molecule is C=CCC[C@H]1CCC[C@H]1O. The molecule has 0 heterocycles. The van der Waals surface area contributed by atoms with Crippen molar-refractivity contribution in [3.05, 3.63) is 12.7 Å². The first kappa shape index (κ1) is 7.80. The number of hydrogen-bond acceptors (Lipinski definition) is 1. The van der Waals surface area contributed by atoms with Crippen LogP contribution in [0.3, 0.4) is 0 Å². The monoisotopic (exact) mass is 140 g/mol. The molecule has 0 aromatic heterocycles. The first-order valence-corrected chi connectivity index (χ1v) is 4.13. The van der Waals surface area contributed by atoms with Crippen molar-refractivity contribution in [2.45, 2.75) is 38.2 Å². The Morgan fingerprint density at radius 1 is 1.50 bits per heavy atom. The van der Waals surface area contributed by atoms with Gasteiger partial charge in [0.1, 0.15) is 0 Å². The highest BCUT2D eigenvalue weighted by atomic mass is 16.3. The van der Waals surface area contributed by atoms with Gasteiger partial charge >= 0.3 is 0 Å². The van der Waals surface area contributed by atoms with Gasteiger partial charge in [-0.15, -0.1) is 6.58 Å². The summed E-state index contributed by atoms with van der Waals surface area (Å²) in [5.41, 5.74) is 0. The van der Waals surface area contributed by atoms with Crippen molar-refractivity contribution < 1.29 is 5.11 Å². The van der Waals surface area contributed by atoms with Gasteiger partial charge in [0.25, 0.3) is 0 Å². The van der Waals surface area contributed by atoms with Crippen LogP contribution in [0.1, 0.15) is 32.1 Å². The Bertz CT molecular complexity index is 109. The second-order valence-electron chi connectivity index (χ2n) is 3.12.